The number of aliphatic hydroxyl groups excluding tert-OH is 1. The number of ether oxygens (including phenoxy) is 1. The predicted octanol–water partition coefficient (Wildman–Crippen LogP) is 1.18. The SMILES string of the molecule is COC(=O)c1cc(N2CCC(CO)C2)cc(C)c1N. The summed E-state index contributed by atoms with van der Waals surface area (Å²) in [7, 11) is 1.35. The van der Waals surface area contributed by atoms with Gasteiger partial charge in [-0.05, 0) is 31.0 Å². The number of methoxy groups -OCH3 is 1. The molecule has 1 saturated heterocycles. The van der Waals surface area contributed by atoms with E-state index in [0.29, 0.717) is 17.2 Å². The van der Waals surface area contributed by atoms with E-state index in [0.717, 1.165) is 30.8 Å². The van der Waals surface area contributed by atoms with E-state index >= 15 is 0 Å². The number of rotatable bonds is 3. The van der Waals surface area contributed by atoms with Crippen LogP contribution < -0.4 is 10.6 Å². The minimum Gasteiger partial charge on any atom is -0.465 e. The van der Waals surface area contributed by atoms with Gasteiger partial charge in [0.1, 0.15) is 0 Å². The van der Waals surface area contributed by atoms with Crippen molar-refractivity contribution in [2.24, 2.45) is 5.92 Å². The lowest BCUT2D eigenvalue weighted by Gasteiger charge is -2.21. The number of nitrogen functional groups attached to an aromatic ring is 1. The number of esters is 1. The Morgan fingerprint density at radius 2 is 2.32 bits per heavy atom. The summed E-state index contributed by atoms with van der Waals surface area (Å²) in [5, 5.41) is 9.19. The normalized spacial score (nSPS) is 18.7. The smallest absolute Gasteiger partial charge is 0.340 e. The monoisotopic (exact) mass is 264 g/mol. The predicted molar refractivity (Wildman–Crippen MR) is 74.3 cm³/mol. The van der Waals surface area contributed by atoms with E-state index in [4.69, 9.17) is 10.5 Å². The van der Waals surface area contributed by atoms with E-state index in [1.807, 2.05) is 13.0 Å². The first-order chi connectivity index (χ1) is 9.06. The molecule has 0 aromatic heterocycles. The second-order valence-electron chi connectivity index (χ2n) is 5.00. The van der Waals surface area contributed by atoms with Gasteiger partial charge >= 0.3 is 5.97 Å². The lowest BCUT2D eigenvalue weighted by molar-refractivity contribution is 0.0602. The van der Waals surface area contributed by atoms with Gasteiger partial charge in [0.05, 0.1) is 12.7 Å². The Bertz CT molecular complexity index is 488. The van der Waals surface area contributed by atoms with E-state index in [-0.39, 0.29) is 6.61 Å². The van der Waals surface area contributed by atoms with Crippen molar-refractivity contribution in [3.8, 4) is 0 Å². The molecular formula is C14H20N2O3. The van der Waals surface area contributed by atoms with Crippen molar-refractivity contribution in [2.45, 2.75) is 13.3 Å². The summed E-state index contributed by atoms with van der Waals surface area (Å²) in [6.45, 7) is 3.77. The number of hydrogen-bond donors (Lipinski definition) is 2. The van der Waals surface area contributed by atoms with Crippen molar-refractivity contribution < 1.29 is 14.6 Å². The molecule has 1 unspecified atom stereocenters. The number of carbonyl (C=O) groups excluding carboxylic acids is 1. The van der Waals surface area contributed by atoms with Gasteiger partial charge in [-0.2, -0.15) is 0 Å². The molecule has 1 fully saturated rings. The topological polar surface area (TPSA) is 75.8 Å². The molecule has 0 saturated carbocycles. The molecule has 3 N–H and O–H groups in total. The van der Waals surface area contributed by atoms with Crippen LogP contribution in [0.1, 0.15) is 22.3 Å². The lowest BCUT2D eigenvalue weighted by atomic mass is 10.1. The van der Waals surface area contributed by atoms with Gasteiger partial charge in [-0.25, -0.2) is 4.79 Å². The summed E-state index contributed by atoms with van der Waals surface area (Å²) < 4.78 is 4.75. The van der Waals surface area contributed by atoms with Crippen LogP contribution in [0.2, 0.25) is 0 Å². The first kappa shape index (κ1) is 13.7. The molecule has 2 rings (SSSR count). The second kappa shape index (κ2) is 5.48. The molecular weight excluding hydrogens is 244 g/mol. The van der Waals surface area contributed by atoms with Crippen molar-refractivity contribution >= 4 is 17.3 Å². The molecule has 5 nitrogen and oxygen atoms in total. The lowest BCUT2D eigenvalue weighted by Crippen LogP contribution is -2.21. The number of hydrogen-bond acceptors (Lipinski definition) is 5. The van der Waals surface area contributed by atoms with Gasteiger partial charge in [-0.3, -0.25) is 0 Å². The Balaban J connectivity index is 2.32. The summed E-state index contributed by atoms with van der Waals surface area (Å²) in [6.07, 6.45) is 0.966. The minimum atomic E-state index is -0.416. The van der Waals surface area contributed by atoms with Crippen LogP contribution in [0.4, 0.5) is 11.4 Å². The highest BCUT2D eigenvalue weighted by Gasteiger charge is 2.24. The molecule has 1 aromatic rings. The molecule has 1 heterocycles. The van der Waals surface area contributed by atoms with Crippen molar-refractivity contribution in [1.82, 2.24) is 0 Å². The quantitative estimate of drug-likeness (QED) is 0.633. The zero-order valence-corrected chi connectivity index (χ0v) is 11.3. The van der Waals surface area contributed by atoms with Crippen LogP contribution in [0.15, 0.2) is 12.1 Å². The Morgan fingerprint density at radius 3 is 2.89 bits per heavy atom. The van der Waals surface area contributed by atoms with Crippen molar-refractivity contribution in [2.75, 3.05) is 37.4 Å². The molecule has 19 heavy (non-hydrogen) atoms. The molecule has 1 atom stereocenters. The zero-order chi connectivity index (χ0) is 14.0. The van der Waals surface area contributed by atoms with Crippen LogP contribution in [-0.2, 0) is 4.74 Å². The van der Waals surface area contributed by atoms with Gasteiger partial charge in [-0.1, -0.05) is 0 Å². The standard InChI is InChI=1S/C14H20N2O3/c1-9-5-11(16-4-3-10(7-16)8-17)6-12(13(9)15)14(18)19-2/h5-6,10,17H,3-4,7-8,15H2,1-2H3. The largest absolute Gasteiger partial charge is 0.465 e. The van der Waals surface area contributed by atoms with Gasteiger partial charge in [-0.15, -0.1) is 0 Å². The summed E-state index contributed by atoms with van der Waals surface area (Å²) in [5.74, 6) is -0.111. The summed E-state index contributed by atoms with van der Waals surface area (Å²) in [4.78, 5) is 13.9. The highest BCUT2D eigenvalue weighted by molar-refractivity contribution is 5.97. The summed E-state index contributed by atoms with van der Waals surface area (Å²) >= 11 is 0. The molecule has 1 aliphatic heterocycles. The Labute approximate surface area is 113 Å². The van der Waals surface area contributed by atoms with Gasteiger partial charge < -0.3 is 20.5 Å². The Hall–Kier alpha value is -1.75. The molecule has 0 radical (unpaired) electrons. The fourth-order valence-corrected chi connectivity index (χ4v) is 2.46. The summed E-state index contributed by atoms with van der Waals surface area (Å²) in [6, 6.07) is 3.75. The minimum absolute atomic E-state index is 0.203. The van der Waals surface area contributed by atoms with Crippen LogP contribution in [0.3, 0.4) is 0 Å². The fraction of sp³-hybridized carbons (Fsp3) is 0.500. The molecule has 0 bridgehead atoms. The van der Waals surface area contributed by atoms with Gasteiger partial charge in [0.15, 0.2) is 0 Å². The molecule has 0 aliphatic carbocycles. The van der Waals surface area contributed by atoms with E-state index in [1.54, 1.807) is 6.07 Å². The first-order valence-electron chi connectivity index (χ1n) is 6.41. The molecule has 0 amide bonds. The molecule has 1 aromatic carbocycles. The third-order valence-corrected chi connectivity index (χ3v) is 3.69. The van der Waals surface area contributed by atoms with Crippen LogP contribution in [0, 0.1) is 12.8 Å². The molecule has 104 valence electrons. The van der Waals surface area contributed by atoms with Gasteiger partial charge in [0.25, 0.3) is 0 Å². The van der Waals surface area contributed by atoms with Gasteiger partial charge in [0.2, 0.25) is 0 Å². The van der Waals surface area contributed by atoms with Crippen molar-refractivity contribution in [3.63, 3.8) is 0 Å². The Morgan fingerprint density at radius 1 is 1.58 bits per heavy atom. The number of anilines is 2. The maximum atomic E-state index is 11.7. The van der Waals surface area contributed by atoms with Crippen LogP contribution in [0.5, 0.6) is 0 Å². The van der Waals surface area contributed by atoms with Crippen molar-refractivity contribution in [1.29, 1.82) is 0 Å². The van der Waals surface area contributed by atoms with E-state index in [1.165, 1.54) is 7.11 Å². The van der Waals surface area contributed by atoms with E-state index < -0.39 is 5.97 Å². The number of carbonyl (C=O) groups is 1. The average Bonchev–Trinajstić information content (AvgIpc) is 2.89. The Kier molecular flexibility index (Phi) is 3.95. The maximum Gasteiger partial charge on any atom is 0.340 e. The van der Waals surface area contributed by atoms with Crippen LogP contribution in [-0.4, -0.2) is 37.9 Å². The molecule has 1 aliphatic rings. The second-order valence-corrected chi connectivity index (χ2v) is 5.00. The third kappa shape index (κ3) is 2.66. The molecule has 0 spiro atoms. The number of nitrogens with two attached hydrogens (primary N) is 1. The zero-order valence-electron chi connectivity index (χ0n) is 11.3. The number of aryl methyl sites for hydroxylation is 1. The molecule has 5 heteroatoms. The summed E-state index contributed by atoms with van der Waals surface area (Å²) in [5.41, 5.74) is 8.62. The average molecular weight is 264 g/mol. The number of aliphatic hydroxyl groups is 1. The third-order valence-electron chi connectivity index (χ3n) is 3.69. The van der Waals surface area contributed by atoms with E-state index in [9.17, 15) is 9.90 Å². The highest BCUT2D eigenvalue weighted by atomic mass is 16.5. The number of benzene rings is 1. The highest BCUT2D eigenvalue weighted by Crippen LogP contribution is 2.29. The van der Waals surface area contributed by atoms with Crippen LogP contribution >= 0.6 is 0 Å². The van der Waals surface area contributed by atoms with E-state index in [2.05, 4.69) is 4.90 Å². The van der Waals surface area contributed by atoms with Gasteiger partial charge in [0, 0.05) is 37.0 Å². The van der Waals surface area contributed by atoms with Crippen LogP contribution in [0.25, 0.3) is 0 Å². The first-order valence-corrected chi connectivity index (χ1v) is 6.41. The number of nitrogens with zero attached hydrogens (tertiary/aromatic N) is 1. The van der Waals surface area contributed by atoms with Crippen molar-refractivity contribution in [3.05, 3.63) is 23.3 Å². The fourth-order valence-electron chi connectivity index (χ4n) is 2.46. The maximum absolute atomic E-state index is 11.7.